The van der Waals surface area contributed by atoms with Crippen LogP contribution >= 0.6 is 34.8 Å². The third kappa shape index (κ3) is 4.08. The fraction of sp³-hybridized carbons (Fsp3) is 0.345. The van der Waals surface area contributed by atoms with Gasteiger partial charge in [0.2, 0.25) is 17.6 Å². The van der Waals surface area contributed by atoms with Gasteiger partial charge in [-0.25, -0.2) is 26.9 Å². The van der Waals surface area contributed by atoms with Gasteiger partial charge in [0.15, 0.2) is 33.0 Å². The molecule has 0 radical (unpaired) electrons. The number of phenolic OH excluding ortho intramolecular Hbond substituents is 1. The van der Waals surface area contributed by atoms with E-state index in [0.717, 1.165) is 17.0 Å². The standard InChI is InChI=1S/C29H18Cl3F5N2O7/c30-9-1-4-14(40)12(7-9)17-10-2-3-11-16(25(44)38(24(11)43)6-5-15(41)42)13(10)8-28(31)26(45)39(27(46)29(17,28)32)23-21(36)19(34)18(33)20(35)22(23)37/h1-2,4,7,11,13,16-17,40H,3,5-6,8H2,(H,41,42)/t11-,13+,16-,17+,28+,29-/m0/s1. The zero-order valence-corrected chi connectivity index (χ0v) is 25.1. The number of aliphatic carboxylic acids is 1. The smallest absolute Gasteiger partial charge is 0.305 e. The average Bonchev–Trinajstić information content (AvgIpc) is 3.33. The number of carbonyl (C=O) groups excluding carboxylic acids is 4. The number of aromatic hydroxyl groups is 1. The van der Waals surface area contributed by atoms with E-state index in [0.29, 0.717) is 0 Å². The summed E-state index contributed by atoms with van der Waals surface area (Å²) in [5.74, 6) is -24.6. The normalized spacial score (nSPS) is 30.4. The number of rotatable bonds is 5. The van der Waals surface area contributed by atoms with E-state index < -0.39 is 123 Å². The van der Waals surface area contributed by atoms with Crippen molar-refractivity contribution < 1.29 is 56.1 Å². The number of anilines is 1. The number of benzene rings is 2. The van der Waals surface area contributed by atoms with Gasteiger partial charge in [0.25, 0.3) is 11.8 Å². The van der Waals surface area contributed by atoms with Gasteiger partial charge in [0.1, 0.15) is 11.4 Å². The SMILES string of the molecule is O=C(O)CCN1C(=O)[C@H]2[C@H](CC=C3[C@H]2C[C@@]2(Cl)C(=O)N(c4c(F)c(F)c(F)c(F)c4F)C(=O)[C@@]2(Cl)[C@H]3c2cc(Cl)ccc2O)C1=O. The molecule has 2 saturated heterocycles. The molecule has 3 fully saturated rings. The number of hydrogen-bond donors (Lipinski definition) is 2. The maximum Gasteiger partial charge on any atom is 0.305 e. The third-order valence-electron chi connectivity index (χ3n) is 9.16. The highest BCUT2D eigenvalue weighted by Gasteiger charge is 2.77. The van der Waals surface area contributed by atoms with E-state index in [-0.39, 0.29) is 27.5 Å². The fourth-order valence-corrected chi connectivity index (χ4v) is 8.27. The molecule has 0 bridgehead atoms. The topological polar surface area (TPSA) is 132 Å². The second-order valence-corrected chi connectivity index (χ2v) is 13.0. The number of halogens is 8. The van der Waals surface area contributed by atoms with Crippen molar-refractivity contribution in [3.8, 4) is 5.75 Å². The number of carbonyl (C=O) groups is 5. The van der Waals surface area contributed by atoms with Crippen LogP contribution in [0.3, 0.4) is 0 Å². The highest BCUT2D eigenvalue weighted by atomic mass is 35.5. The minimum Gasteiger partial charge on any atom is -0.508 e. The minimum atomic E-state index is -2.82. The lowest BCUT2D eigenvalue weighted by Gasteiger charge is -2.50. The number of allylic oxidation sites excluding steroid dienone is 2. The molecular weight excluding hydrogens is 690 g/mol. The van der Waals surface area contributed by atoms with Gasteiger partial charge in [0, 0.05) is 23.0 Å². The first kappa shape index (κ1) is 32.2. The summed E-state index contributed by atoms with van der Waals surface area (Å²) in [6.07, 6.45) is -0.0313. The molecule has 2 aromatic rings. The molecule has 2 heterocycles. The Morgan fingerprint density at radius 2 is 1.52 bits per heavy atom. The van der Waals surface area contributed by atoms with Crippen molar-refractivity contribution >= 4 is 70.1 Å². The lowest BCUT2D eigenvalue weighted by molar-refractivity contribution is -0.142. The maximum absolute atomic E-state index is 15.1. The van der Waals surface area contributed by atoms with Crippen molar-refractivity contribution in [1.82, 2.24) is 4.90 Å². The Kier molecular flexibility index (Phi) is 7.45. The fourth-order valence-electron chi connectivity index (χ4n) is 7.16. The van der Waals surface area contributed by atoms with Crippen molar-refractivity contribution in [3.05, 3.63) is 69.5 Å². The van der Waals surface area contributed by atoms with Crippen LogP contribution in [-0.4, -0.2) is 61.0 Å². The van der Waals surface area contributed by atoms with Gasteiger partial charge in [-0.05, 0) is 37.0 Å². The highest BCUT2D eigenvalue weighted by molar-refractivity contribution is 6.58. The summed E-state index contributed by atoms with van der Waals surface area (Å²) in [5, 5.41) is 20.0. The number of carboxylic acid groups (broad SMARTS) is 1. The second kappa shape index (κ2) is 10.6. The van der Waals surface area contributed by atoms with E-state index in [2.05, 4.69) is 0 Å². The molecule has 2 N–H and O–H groups in total. The molecular formula is C29H18Cl3F5N2O7. The summed E-state index contributed by atoms with van der Waals surface area (Å²) < 4.78 is 72.6. The number of carboxylic acids is 1. The zero-order valence-electron chi connectivity index (χ0n) is 22.8. The first-order valence-electron chi connectivity index (χ1n) is 13.5. The predicted molar refractivity (Wildman–Crippen MR) is 149 cm³/mol. The van der Waals surface area contributed by atoms with Crippen LogP contribution in [0.4, 0.5) is 27.6 Å². The van der Waals surface area contributed by atoms with Crippen LogP contribution in [-0.2, 0) is 24.0 Å². The first-order valence-corrected chi connectivity index (χ1v) is 14.7. The van der Waals surface area contributed by atoms with Crippen LogP contribution in [0.5, 0.6) is 5.75 Å². The summed E-state index contributed by atoms with van der Waals surface area (Å²) in [4.78, 5) is 61.1. The maximum atomic E-state index is 15.1. The van der Waals surface area contributed by atoms with Gasteiger partial charge in [0.05, 0.1) is 18.3 Å². The number of nitrogens with zero attached hydrogens (tertiary/aromatic N) is 2. The Hall–Kier alpha value is -3.75. The number of likely N-dealkylation sites (tertiary alicyclic amines) is 1. The Balaban J connectivity index is 1.58. The zero-order chi connectivity index (χ0) is 33.8. The van der Waals surface area contributed by atoms with E-state index in [4.69, 9.17) is 39.9 Å². The highest BCUT2D eigenvalue weighted by Crippen LogP contribution is 2.66. The summed E-state index contributed by atoms with van der Waals surface area (Å²) in [6, 6.07) is 3.51. The Labute approximate surface area is 270 Å². The average molecular weight is 708 g/mol. The monoisotopic (exact) mass is 706 g/mol. The van der Waals surface area contributed by atoms with Gasteiger partial charge < -0.3 is 10.2 Å². The van der Waals surface area contributed by atoms with Crippen molar-refractivity contribution in [2.75, 3.05) is 11.4 Å². The molecule has 1 saturated carbocycles. The molecule has 2 aromatic carbocycles. The number of alkyl halides is 2. The van der Waals surface area contributed by atoms with Gasteiger partial charge in [-0.3, -0.25) is 28.9 Å². The molecule has 6 atom stereocenters. The quantitative estimate of drug-likeness (QED) is 0.114. The number of amides is 4. The van der Waals surface area contributed by atoms with E-state index in [1.165, 1.54) is 12.1 Å². The Morgan fingerprint density at radius 1 is 0.913 bits per heavy atom. The summed E-state index contributed by atoms with van der Waals surface area (Å²) >= 11 is 20.1. The largest absolute Gasteiger partial charge is 0.508 e. The first-order chi connectivity index (χ1) is 21.5. The van der Waals surface area contributed by atoms with Crippen molar-refractivity contribution in [1.29, 1.82) is 0 Å². The van der Waals surface area contributed by atoms with E-state index in [1.54, 1.807) is 0 Å². The Morgan fingerprint density at radius 3 is 2.13 bits per heavy atom. The molecule has 0 spiro atoms. The molecule has 0 aromatic heterocycles. The van der Waals surface area contributed by atoms with Crippen LogP contribution in [0, 0.1) is 46.8 Å². The molecule has 2 aliphatic heterocycles. The van der Waals surface area contributed by atoms with E-state index >= 15 is 8.78 Å². The minimum absolute atomic E-state index is 0.0231. The second-order valence-electron chi connectivity index (χ2n) is 11.4. The molecule has 46 heavy (non-hydrogen) atoms. The van der Waals surface area contributed by atoms with Crippen LogP contribution in [0.1, 0.15) is 30.7 Å². The predicted octanol–water partition coefficient (Wildman–Crippen LogP) is 4.78. The molecule has 4 aliphatic rings. The van der Waals surface area contributed by atoms with Gasteiger partial charge in [-0.2, -0.15) is 0 Å². The molecule has 0 unspecified atom stereocenters. The molecule has 4 amide bonds. The summed E-state index contributed by atoms with van der Waals surface area (Å²) in [6.45, 7) is -0.475. The molecule has 6 rings (SSSR count). The molecule has 2 aliphatic carbocycles. The number of phenols is 1. The lowest BCUT2D eigenvalue weighted by Crippen LogP contribution is -2.60. The van der Waals surface area contributed by atoms with Crippen molar-refractivity contribution in [2.24, 2.45) is 17.8 Å². The number of hydrogen-bond acceptors (Lipinski definition) is 6. The van der Waals surface area contributed by atoms with E-state index in [9.17, 15) is 42.3 Å². The van der Waals surface area contributed by atoms with Gasteiger partial charge >= 0.3 is 5.97 Å². The van der Waals surface area contributed by atoms with Gasteiger partial charge in [-0.15, -0.1) is 23.2 Å². The van der Waals surface area contributed by atoms with E-state index in [1.807, 2.05) is 0 Å². The van der Waals surface area contributed by atoms with Crippen LogP contribution in [0.25, 0.3) is 0 Å². The lowest BCUT2D eigenvalue weighted by atomic mass is 9.56. The number of fused-ring (bicyclic) bond motifs is 4. The third-order valence-corrected chi connectivity index (χ3v) is 10.8. The van der Waals surface area contributed by atoms with Crippen LogP contribution < -0.4 is 4.90 Å². The van der Waals surface area contributed by atoms with Gasteiger partial charge in [-0.1, -0.05) is 23.3 Å². The van der Waals surface area contributed by atoms with Crippen LogP contribution in [0.15, 0.2) is 29.8 Å². The summed E-state index contributed by atoms with van der Waals surface area (Å²) in [7, 11) is 0. The summed E-state index contributed by atoms with van der Waals surface area (Å²) in [5.41, 5.74) is -2.06. The van der Waals surface area contributed by atoms with Crippen molar-refractivity contribution in [3.63, 3.8) is 0 Å². The molecule has 17 heteroatoms. The van der Waals surface area contributed by atoms with Crippen LogP contribution in [0.2, 0.25) is 5.02 Å². The van der Waals surface area contributed by atoms with Crippen molar-refractivity contribution in [2.45, 2.75) is 34.9 Å². The Bertz CT molecular complexity index is 1810. The molecule has 242 valence electrons. The number of imide groups is 2. The molecule has 9 nitrogen and oxygen atoms in total.